The number of nitrogens with zero attached hydrogens (tertiary/aromatic N) is 2. The summed E-state index contributed by atoms with van der Waals surface area (Å²) in [4.78, 5) is 29.1. The van der Waals surface area contributed by atoms with E-state index in [0.29, 0.717) is 45.0 Å². The minimum Gasteiger partial charge on any atom is -0.490 e. The standard InChI is InChI=1S/C23H31N3O6/c27-19-14-31-20-2-1-17(25-5-7-30-8-6-25)9-16(20)11-24-12-21(28)26-4-3-15-10-22(29)32-23(19)18(15)13-26/h1-2,9,15,18-19,23-24,27H,3-8,10-14H2/t15-,18+,19+,23-/m0/s1. The van der Waals surface area contributed by atoms with Crippen LogP contribution in [0.2, 0.25) is 0 Å². The van der Waals surface area contributed by atoms with Crippen molar-refractivity contribution in [2.45, 2.75) is 31.6 Å². The summed E-state index contributed by atoms with van der Waals surface area (Å²) in [6, 6.07) is 5.99. The van der Waals surface area contributed by atoms with Gasteiger partial charge in [-0.2, -0.15) is 0 Å². The number of piperidine rings is 1. The lowest BCUT2D eigenvalue weighted by Gasteiger charge is -2.45. The van der Waals surface area contributed by atoms with E-state index in [1.807, 2.05) is 17.0 Å². The lowest BCUT2D eigenvalue weighted by atomic mass is 9.76. The zero-order valence-electron chi connectivity index (χ0n) is 18.2. The normalized spacial score (nSPS) is 31.4. The summed E-state index contributed by atoms with van der Waals surface area (Å²) in [6.07, 6.45) is -0.523. The number of anilines is 1. The molecule has 1 amide bonds. The molecule has 0 saturated carbocycles. The van der Waals surface area contributed by atoms with Crippen molar-refractivity contribution in [1.29, 1.82) is 0 Å². The van der Waals surface area contributed by atoms with Crippen LogP contribution < -0.4 is 15.0 Å². The maximum absolute atomic E-state index is 12.9. The quantitative estimate of drug-likeness (QED) is 0.589. The first kappa shape index (κ1) is 21.5. The number of amides is 1. The lowest BCUT2D eigenvalue weighted by Crippen LogP contribution is -2.56. The summed E-state index contributed by atoms with van der Waals surface area (Å²) < 4.78 is 17.0. The van der Waals surface area contributed by atoms with Crippen molar-refractivity contribution < 1.29 is 28.9 Å². The molecule has 2 N–H and O–H groups in total. The van der Waals surface area contributed by atoms with Crippen molar-refractivity contribution in [3.63, 3.8) is 0 Å². The van der Waals surface area contributed by atoms with E-state index in [1.165, 1.54) is 0 Å². The number of ether oxygens (including phenoxy) is 3. The number of hydrogen-bond donors (Lipinski definition) is 2. The fraction of sp³-hybridized carbons (Fsp3) is 0.652. The van der Waals surface area contributed by atoms with Gasteiger partial charge in [-0.3, -0.25) is 9.59 Å². The number of carbonyl (C=O) groups excluding carboxylic acids is 2. The summed E-state index contributed by atoms with van der Waals surface area (Å²) in [5, 5.41) is 14.2. The maximum atomic E-state index is 12.9. The van der Waals surface area contributed by atoms with Gasteiger partial charge in [0.2, 0.25) is 5.91 Å². The van der Waals surface area contributed by atoms with Crippen LogP contribution in [-0.2, 0) is 25.6 Å². The Labute approximate surface area is 187 Å². The van der Waals surface area contributed by atoms with Gasteiger partial charge in [0.1, 0.15) is 24.6 Å². The second kappa shape index (κ2) is 9.25. The van der Waals surface area contributed by atoms with E-state index in [-0.39, 0.29) is 36.9 Å². The summed E-state index contributed by atoms with van der Waals surface area (Å²) >= 11 is 0. The number of aliphatic hydroxyl groups is 1. The molecule has 9 heteroatoms. The van der Waals surface area contributed by atoms with Gasteiger partial charge in [-0.25, -0.2) is 0 Å². The predicted octanol–water partition coefficient (Wildman–Crippen LogP) is 0.146. The topological polar surface area (TPSA) is 101 Å². The molecule has 0 spiro atoms. The average Bonchev–Trinajstić information content (AvgIpc) is 2.82. The fourth-order valence-electron chi connectivity index (χ4n) is 5.30. The van der Waals surface area contributed by atoms with E-state index in [9.17, 15) is 14.7 Å². The third-order valence-corrected chi connectivity index (χ3v) is 7.08. The number of hydrogen-bond acceptors (Lipinski definition) is 8. The molecule has 0 radical (unpaired) electrons. The van der Waals surface area contributed by atoms with Crippen LogP contribution in [0.3, 0.4) is 0 Å². The van der Waals surface area contributed by atoms with Crippen molar-refractivity contribution in [2.24, 2.45) is 11.8 Å². The highest BCUT2D eigenvalue weighted by Gasteiger charge is 2.46. The zero-order chi connectivity index (χ0) is 22.1. The van der Waals surface area contributed by atoms with E-state index in [4.69, 9.17) is 14.2 Å². The maximum Gasteiger partial charge on any atom is 0.306 e. The third-order valence-electron chi connectivity index (χ3n) is 7.08. The van der Waals surface area contributed by atoms with Crippen LogP contribution in [-0.4, -0.2) is 86.6 Å². The van der Waals surface area contributed by atoms with E-state index < -0.39 is 12.2 Å². The number of rotatable bonds is 1. The second-order valence-corrected chi connectivity index (χ2v) is 9.08. The molecule has 174 valence electrons. The molecular formula is C23H31N3O6. The number of benzene rings is 1. The van der Waals surface area contributed by atoms with Gasteiger partial charge in [-0.1, -0.05) is 0 Å². The predicted molar refractivity (Wildman–Crippen MR) is 115 cm³/mol. The van der Waals surface area contributed by atoms with Crippen LogP contribution in [0.1, 0.15) is 18.4 Å². The van der Waals surface area contributed by atoms with Crippen molar-refractivity contribution in [3.8, 4) is 5.75 Å². The number of esters is 1. The molecule has 0 unspecified atom stereocenters. The number of aliphatic hydroxyl groups excluding tert-OH is 1. The molecule has 1 aromatic rings. The van der Waals surface area contributed by atoms with Gasteiger partial charge in [0.05, 0.1) is 19.8 Å². The van der Waals surface area contributed by atoms with Gasteiger partial charge in [0.25, 0.3) is 0 Å². The van der Waals surface area contributed by atoms with Crippen molar-refractivity contribution >= 4 is 17.6 Å². The van der Waals surface area contributed by atoms with Crippen molar-refractivity contribution in [1.82, 2.24) is 10.2 Å². The zero-order valence-corrected chi connectivity index (χ0v) is 18.2. The third kappa shape index (κ3) is 4.42. The smallest absolute Gasteiger partial charge is 0.306 e. The largest absolute Gasteiger partial charge is 0.490 e. The molecule has 4 heterocycles. The molecule has 32 heavy (non-hydrogen) atoms. The van der Waals surface area contributed by atoms with Crippen LogP contribution in [0.15, 0.2) is 18.2 Å². The SMILES string of the molecule is O=C1C[C@@H]2CCN3C[C@H]2[C@H](O1)[C@H](O)COc1ccc(N2CCOCC2)cc1CNCC3=O. The Morgan fingerprint density at radius 2 is 1.91 bits per heavy atom. The molecule has 4 aliphatic heterocycles. The van der Waals surface area contributed by atoms with Gasteiger partial charge >= 0.3 is 5.97 Å². The molecule has 2 bridgehead atoms. The molecule has 5 rings (SSSR count). The van der Waals surface area contributed by atoms with E-state index in [0.717, 1.165) is 30.8 Å². The summed E-state index contributed by atoms with van der Waals surface area (Å²) in [5.41, 5.74) is 2.00. The first-order valence-electron chi connectivity index (χ1n) is 11.5. The van der Waals surface area contributed by atoms with Gasteiger partial charge in [0.15, 0.2) is 0 Å². The van der Waals surface area contributed by atoms with Gasteiger partial charge in [-0.15, -0.1) is 0 Å². The highest BCUT2D eigenvalue weighted by atomic mass is 16.6. The number of fused-ring (bicyclic) bond motifs is 2. The molecule has 3 saturated heterocycles. The van der Waals surface area contributed by atoms with Gasteiger partial charge in [0, 0.05) is 56.3 Å². The monoisotopic (exact) mass is 445 g/mol. The Balaban J connectivity index is 1.40. The number of morpholine rings is 1. The van der Waals surface area contributed by atoms with Gasteiger partial charge < -0.3 is 34.4 Å². The Morgan fingerprint density at radius 1 is 1.06 bits per heavy atom. The minimum absolute atomic E-state index is 0.0268. The van der Waals surface area contributed by atoms with E-state index in [1.54, 1.807) is 0 Å². The van der Waals surface area contributed by atoms with Crippen LogP contribution in [0.4, 0.5) is 5.69 Å². The average molecular weight is 446 g/mol. The van der Waals surface area contributed by atoms with Crippen LogP contribution in [0, 0.1) is 11.8 Å². The van der Waals surface area contributed by atoms with Crippen LogP contribution in [0.5, 0.6) is 5.75 Å². The van der Waals surface area contributed by atoms with Gasteiger partial charge in [-0.05, 0) is 30.5 Å². The summed E-state index contributed by atoms with van der Waals surface area (Å²) in [7, 11) is 0. The molecule has 0 aliphatic carbocycles. The first-order chi connectivity index (χ1) is 15.6. The van der Waals surface area contributed by atoms with E-state index >= 15 is 0 Å². The Hall–Kier alpha value is -2.36. The van der Waals surface area contributed by atoms with Crippen LogP contribution in [0.25, 0.3) is 0 Å². The summed E-state index contributed by atoms with van der Waals surface area (Å²) in [6.45, 7) is 4.91. The Kier molecular flexibility index (Phi) is 6.21. The number of nitrogens with one attached hydrogen (secondary N) is 1. The molecule has 3 fully saturated rings. The summed E-state index contributed by atoms with van der Waals surface area (Å²) in [5.74, 6) is 0.452. The van der Waals surface area contributed by atoms with Crippen molar-refractivity contribution in [3.05, 3.63) is 23.8 Å². The Bertz CT molecular complexity index is 858. The molecule has 4 aliphatic rings. The van der Waals surface area contributed by atoms with Crippen LogP contribution >= 0.6 is 0 Å². The second-order valence-electron chi connectivity index (χ2n) is 9.08. The van der Waals surface area contributed by atoms with E-state index in [2.05, 4.69) is 16.3 Å². The minimum atomic E-state index is -0.956. The molecule has 0 aromatic heterocycles. The fourth-order valence-corrected chi connectivity index (χ4v) is 5.30. The van der Waals surface area contributed by atoms with Crippen molar-refractivity contribution in [2.75, 3.05) is 57.4 Å². The first-order valence-corrected chi connectivity index (χ1v) is 11.5. The Morgan fingerprint density at radius 3 is 2.75 bits per heavy atom. The molecule has 1 aromatic carbocycles. The molecular weight excluding hydrogens is 414 g/mol. The highest BCUT2D eigenvalue weighted by molar-refractivity contribution is 5.78. The number of carbonyl (C=O) groups is 2. The lowest BCUT2D eigenvalue weighted by molar-refractivity contribution is -0.181. The molecule has 4 atom stereocenters. The molecule has 9 nitrogen and oxygen atoms in total. The highest BCUT2D eigenvalue weighted by Crippen LogP contribution is 2.36.